The van der Waals surface area contributed by atoms with Crippen molar-refractivity contribution in [3.05, 3.63) is 0 Å². The first-order valence-corrected chi connectivity index (χ1v) is 6.88. The molecule has 0 atom stereocenters. The van der Waals surface area contributed by atoms with E-state index in [1.807, 2.05) is 13.8 Å². The zero-order chi connectivity index (χ0) is 12.9. The number of hydrogen-bond acceptors (Lipinski definition) is 3. The SMILES string of the molecule is CCN(CCNC(=O)C(N)(CC)CC)C1CC1. The lowest BCUT2D eigenvalue weighted by molar-refractivity contribution is -0.126. The van der Waals surface area contributed by atoms with Gasteiger partial charge < -0.3 is 11.1 Å². The van der Waals surface area contributed by atoms with Crippen molar-refractivity contribution in [3.63, 3.8) is 0 Å². The second-order valence-electron chi connectivity index (χ2n) is 4.98. The minimum atomic E-state index is -0.684. The van der Waals surface area contributed by atoms with Crippen molar-refractivity contribution >= 4 is 5.91 Å². The number of carbonyl (C=O) groups excluding carboxylic acids is 1. The fourth-order valence-corrected chi connectivity index (χ4v) is 2.10. The summed E-state index contributed by atoms with van der Waals surface area (Å²) in [5, 5.41) is 2.97. The third-order valence-electron chi connectivity index (χ3n) is 3.87. The van der Waals surface area contributed by atoms with Gasteiger partial charge in [-0.1, -0.05) is 20.8 Å². The summed E-state index contributed by atoms with van der Waals surface area (Å²) in [5.41, 5.74) is 5.35. The largest absolute Gasteiger partial charge is 0.353 e. The smallest absolute Gasteiger partial charge is 0.240 e. The van der Waals surface area contributed by atoms with Gasteiger partial charge in [0.15, 0.2) is 0 Å². The molecule has 1 amide bonds. The van der Waals surface area contributed by atoms with Crippen LogP contribution in [0.2, 0.25) is 0 Å². The van der Waals surface area contributed by atoms with Crippen LogP contribution in [0.3, 0.4) is 0 Å². The van der Waals surface area contributed by atoms with Crippen LogP contribution in [0.1, 0.15) is 46.5 Å². The van der Waals surface area contributed by atoms with Gasteiger partial charge in [0.05, 0.1) is 5.54 Å². The van der Waals surface area contributed by atoms with Gasteiger partial charge in [0, 0.05) is 19.1 Å². The molecule has 1 rings (SSSR count). The fraction of sp³-hybridized carbons (Fsp3) is 0.923. The molecule has 4 nitrogen and oxygen atoms in total. The van der Waals surface area contributed by atoms with Gasteiger partial charge in [-0.3, -0.25) is 9.69 Å². The van der Waals surface area contributed by atoms with Gasteiger partial charge in [0.1, 0.15) is 0 Å². The average molecular weight is 241 g/mol. The zero-order valence-electron chi connectivity index (χ0n) is 11.5. The van der Waals surface area contributed by atoms with E-state index in [0.717, 1.165) is 19.1 Å². The number of nitrogens with zero attached hydrogens (tertiary/aromatic N) is 1. The van der Waals surface area contributed by atoms with Gasteiger partial charge in [0.25, 0.3) is 0 Å². The predicted molar refractivity (Wildman–Crippen MR) is 70.8 cm³/mol. The summed E-state index contributed by atoms with van der Waals surface area (Å²) in [7, 11) is 0. The molecule has 1 aliphatic carbocycles. The Labute approximate surface area is 105 Å². The first kappa shape index (κ1) is 14.5. The molecular weight excluding hydrogens is 214 g/mol. The monoisotopic (exact) mass is 241 g/mol. The Balaban J connectivity index is 2.27. The average Bonchev–Trinajstić information content (AvgIpc) is 3.17. The van der Waals surface area contributed by atoms with E-state index in [1.165, 1.54) is 12.8 Å². The molecule has 100 valence electrons. The molecule has 1 aliphatic rings. The molecule has 0 spiro atoms. The molecule has 0 aromatic heterocycles. The van der Waals surface area contributed by atoms with Crippen LogP contribution in [-0.2, 0) is 4.79 Å². The Morgan fingerprint density at radius 3 is 2.35 bits per heavy atom. The highest BCUT2D eigenvalue weighted by atomic mass is 16.2. The lowest BCUT2D eigenvalue weighted by Gasteiger charge is -2.26. The summed E-state index contributed by atoms with van der Waals surface area (Å²) in [6.07, 6.45) is 4.00. The van der Waals surface area contributed by atoms with Crippen LogP contribution in [-0.4, -0.2) is 42.0 Å². The molecular formula is C13H27N3O. The molecule has 0 unspecified atom stereocenters. The van der Waals surface area contributed by atoms with Crippen LogP contribution in [0.15, 0.2) is 0 Å². The second kappa shape index (κ2) is 6.36. The van der Waals surface area contributed by atoms with Crippen molar-refractivity contribution in [3.8, 4) is 0 Å². The van der Waals surface area contributed by atoms with E-state index in [2.05, 4.69) is 17.1 Å². The number of rotatable bonds is 8. The summed E-state index contributed by atoms with van der Waals surface area (Å²) < 4.78 is 0. The number of nitrogens with two attached hydrogens (primary N) is 1. The van der Waals surface area contributed by atoms with Crippen LogP contribution in [0.4, 0.5) is 0 Å². The topological polar surface area (TPSA) is 58.4 Å². The molecule has 4 heteroatoms. The van der Waals surface area contributed by atoms with Crippen molar-refractivity contribution in [1.82, 2.24) is 10.2 Å². The van der Waals surface area contributed by atoms with Crippen molar-refractivity contribution in [2.24, 2.45) is 5.73 Å². The minimum absolute atomic E-state index is 0.00523. The quantitative estimate of drug-likeness (QED) is 0.669. The standard InChI is InChI=1S/C13H27N3O/c1-4-13(14,5-2)12(17)15-9-10-16(6-3)11-7-8-11/h11H,4-10,14H2,1-3H3,(H,15,17). The van der Waals surface area contributed by atoms with Crippen LogP contribution < -0.4 is 11.1 Å². The van der Waals surface area contributed by atoms with E-state index in [4.69, 9.17) is 5.73 Å². The third kappa shape index (κ3) is 3.96. The molecule has 0 bridgehead atoms. The molecule has 0 aliphatic heterocycles. The van der Waals surface area contributed by atoms with Crippen LogP contribution in [0.5, 0.6) is 0 Å². The van der Waals surface area contributed by atoms with Crippen molar-refractivity contribution < 1.29 is 4.79 Å². The van der Waals surface area contributed by atoms with E-state index in [-0.39, 0.29) is 5.91 Å². The Kier molecular flexibility index (Phi) is 5.40. The Morgan fingerprint density at radius 1 is 1.35 bits per heavy atom. The summed E-state index contributed by atoms with van der Waals surface area (Å²) in [5.74, 6) is -0.00523. The van der Waals surface area contributed by atoms with E-state index < -0.39 is 5.54 Å². The summed E-state index contributed by atoms with van der Waals surface area (Å²) >= 11 is 0. The molecule has 0 aromatic carbocycles. The van der Waals surface area contributed by atoms with E-state index in [1.54, 1.807) is 0 Å². The summed E-state index contributed by atoms with van der Waals surface area (Å²) in [6, 6.07) is 0.761. The van der Waals surface area contributed by atoms with Gasteiger partial charge in [0.2, 0.25) is 5.91 Å². The minimum Gasteiger partial charge on any atom is -0.353 e. The fourth-order valence-electron chi connectivity index (χ4n) is 2.10. The molecule has 0 aromatic rings. The number of carbonyl (C=O) groups is 1. The molecule has 1 fully saturated rings. The zero-order valence-corrected chi connectivity index (χ0v) is 11.5. The third-order valence-corrected chi connectivity index (χ3v) is 3.87. The van der Waals surface area contributed by atoms with Crippen LogP contribution in [0, 0.1) is 0 Å². The summed E-state index contributed by atoms with van der Waals surface area (Å²) in [4.78, 5) is 14.4. The maximum absolute atomic E-state index is 11.9. The summed E-state index contributed by atoms with van der Waals surface area (Å²) in [6.45, 7) is 8.82. The second-order valence-corrected chi connectivity index (χ2v) is 4.98. The molecule has 0 heterocycles. The molecule has 0 saturated heterocycles. The molecule has 0 radical (unpaired) electrons. The highest BCUT2D eigenvalue weighted by molar-refractivity contribution is 5.85. The predicted octanol–water partition coefficient (Wildman–Crippen LogP) is 1.10. The lowest BCUT2D eigenvalue weighted by Crippen LogP contribution is -2.54. The van der Waals surface area contributed by atoms with Crippen LogP contribution in [0.25, 0.3) is 0 Å². The Bertz CT molecular complexity index is 247. The van der Waals surface area contributed by atoms with E-state index >= 15 is 0 Å². The number of amides is 1. The van der Waals surface area contributed by atoms with Gasteiger partial charge in [-0.25, -0.2) is 0 Å². The maximum atomic E-state index is 11.9. The maximum Gasteiger partial charge on any atom is 0.240 e. The van der Waals surface area contributed by atoms with Gasteiger partial charge >= 0.3 is 0 Å². The molecule has 3 N–H and O–H groups in total. The Hall–Kier alpha value is -0.610. The van der Waals surface area contributed by atoms with Gasteiger partial charge in [-0.2, -0.15) is 0 Å². The molecule has 17 heavy (non-hydrogen) atoms. The van der Waals surface area contributed by atoms with Crippen molar-refractivity contribution in [1.29, 1.82) is 0 Å². The van der Waals surface area contributed by atoms with Crippen molar-refractivity contribution in [2.45, 2.75) is 58.0 Å². The molecule has 1 saturated carbocycles. The lowest BCUT2D eigenvalue weighted by atomic mass is 9.93. The first-order chi connectivity index (χ1) is 8.07. The number of nitrogens with one attached hydrogen (secondary N) is 1. The highest BCUT2D eigenvalue weighted by Gasteiger charge is 2.30. The van der Waals surface area contributed by atoms with E-state index in [0.29, 0.717) is 19.4 Å². The first-order valence-electron chi connectivity index (χ1n) is 6.88. The number of likely N-dealkylation sites (N-methyl/N-ethyl adjacent to an activating group) is 1. The Morgan fingerprint density at radius 2 is 1.94 bits per heavy atom. The van der Waals surface area contributed by atoms with Gasteiger partial charge in [-0.05, 0) is 32.2 Å². The van der Waals surface area contributed by atoms with Gasteiger partial charge in [-0.15, -0.1) is 0 Å². The van der Waals surface area contributed by atoms with Crippen molar-refractivity contribution in [2.75, 3.05) is 19.6 Å². The highest BCUT2D eigenvalue weighted by Crippen LogP contribution is 2.25. The number of hydrogen-bond donors (Lipinski definition) is 2. The van der Waals surface area contributed by atoms with Crippen LogP contribution >= 0.6 is 0 Å². The van der Waals surface area contributed by atoms with E-state index in [9.17, 15) is 4.79 Å². The normalized spacial score (nSPS) is 16.3.